The van der Waals surface area contributed by atoms with Crippen LogP contribution in [0.3, 0.4) is 0 Å². The Bertz CT molecular complexity index is 984. The van der Waals surface area contributed by atoms with Crippen LogP contribution in [0.2, 0.25) is 0 Å². The fraction of sp³-hybridized carbons (Fsp3) is 0.458. The molecule has 2 fully saturated rings. The van der Waals surface area contributed by atoms with Gasteiger partial charge in [0.1, 0.15) is 11.4 Å². The molecule has 2 aromatic rings. The first-order valence-electron chi connectivity index (χ1n) is 11.2. The van der Waals surface area contributed by atoms with Crippen molar-refractivity contribution in [2.24, 2.45) is 0 Å². The smallest absolute Gasteiger partial charge is 0.292 e. The molecule has 4 rings (SSSR count). The Balaban J connectivity index is 1.43. The number of nitro groups is 1. The van der Waals surface area contributed by atoms with Gasteiger partial charge in [-0.05, 0) is 38.1 Å². The van der Waals surface area contributed by atoms with Crippen LogP contribution in [-0.2, 0) is 9.53 Å². The number of morpholine rings is 1. The standard InChI is InChI=1S/C24H30N4O5/c1-24(2,33-20-6-4-3-5-7-20)23(29)27-12-10-25(11-13-27)19-8-9-21(28(30)31)22(18-19)26-14-16-32-17-15-26/h3-9,18H,10-17H2,1-2H3. The van der Waals surface area contributed by atoms with Crippen LogP contribution in [0.4, 0.5) is 17.1 Å². The largest absolute Gasteiger partial charge is 0.478 e. The number of anilines is 2. The van der Waals surface area contributed by atoms with Crippen LogP contribution in [0.1, 0.15) is 13.8 Å². The molecule has 0 N–H and O–H groups in total. The lowest BCUT2D eigenvalue weighted by Gasteiger charge is -2.39. The molecule has 0 aliphatic carbocycles. The summed E-state index contributed by atoms with van der Waals surface area (Å²) in [6.45, 7) is 8.37. The van der Waals surface area contributed by atoms with E-state index in [2.05, 4.69) is 4.90 Å². The number of carbonyl (C=O) groups excluding carboxylic acids is 1. The third kappa shape index (κ3) is 5.19. The number of hydrogen-bond acceptors (Lipinski definition) is 7. The number of nitrogens with zero attached hydrogens (tertiary/aromatic N) is 4. The molecule has 0 unspecified atom stereocenters. The topological polar surface area (TPSA) is 88.4 Å². The monoisotopic (exact) mass is 454 g/mol. The number of rotatable bonds is 6. The summed E-state index contributed by atoms with van der Waals surface area (Å²) in [6, 6.07) is 14.6. The summed E-state index contributed by atoms with van der Waals surface area (Å²) >= 11 is 0. The van der Waals surface area contributed by atoms with Crippen LogP contribution >= 0.6 is 0 Å². The lowest BCUT2D eigenvalue weighted by Crippen LogP contribution is -2.55. The summed E-state index contributed by atoms with van der Waals surface area (Å²) in [5.74, 6) is 0.611. The van der Waals surface area contributed by atoms with Crippen LogP contribution in [0, 0.1) is 10.1 Å². The molecule has 2 saturated heterocycles. The van der Waals surface area contributed by atoms with Gasteiger partial charge in [0.05, 0.1) is 18.1 Å². The van der Waals surface area contributed by atoms with Gasteiger partial charge in [-0.25, -0.2) is 0 Å². The molecule has 1 amide bonds. The lowest BCUT2D eigenvalue weighted by atomic mass is 10.1. The minimum absolute atomic E-state index is 0.0521. The van der Waals surface area contributed by atoms with Crippen LogP contribution in [0.15, 0.2) is 48.5 Å². The number of piperazine rings is 1. The zero-order valence-corrected chi connectivity index (χ0v) is 19.1. The normalized spacial score (nSPS) is 17.1. The van der Waals surface area contributed by atoms with Crippen LogP contribution in [0.25, 0.3) is 0 Å². The molecule has 9 nitrogen and oxygen atoms in total. The molecule has 9 heteroatoms. The SMILES string of the molecule is CC(C)(Oc1ccccc1)C(=O)N1CCN(c2ccc([N+](=O)[O-])c(N3CCOCC3)c2)CC1. The molecule has 2 aliphatic heterocycles. The van der Waals surface area contributed by atoms with Crippen molar-refractivity contribution in [3.63, 3.8) is 0 Å². The molecule has 0 radical (unpaired) electrons. The van der Waals surface area contributed by atoms with Crippen molar-refractivity contribution < 1.29 is 19.2 Å². The maximum atomic E-state index is 13.1. The zero-order valence-electron chi connectivity index (χ0n) is 19.1. The molecule has 33 heavy (non-hydrogen) atoms. The van der Waals surface area contributed by atoms with E-state index < -0.39 is 5.60 Å². The van der Waals surface area contributed by atoms with Crippen molar-refractivity contribution in [3.05, 3.63) is 58.6 Å². The number of nitro benzene ring substituents is 1. The van der Waals surface area contributed by atoms with Gasteiger partial charge in [-0.1, -0.05) is 18.2 Å². The fourth-order valence-corrected chi connectivity index (χ4v) is 4.30. The highest BCUT2D eigenvalue weighted by Crippen LogP contribution is 2.33. The maximum absolute atomic E-state index is 13.1. The van der Waals surface area contributed by atoms with E-state index in [1.807, 2.05) is 46.2 Å². The van der Waals surface area contributed by atoms with Crippen molar-refractivity contribution in [2.45, 2.75) is 19.4 Å². The van der Waals surface area contributed by atoms with Crippen molar-refractivity contribution in [3.8, 4) is 5.75 Å². The van der Waals surface area contributed by atoms with Gasteiger partial charge >= 0.3 is 0 Å². The van der Waals surface area contributed by atoms with E-state index in [1.54, 1.807) is 26.0 Å². The molecule has 0 bridgehead atoms. The maximum Gasteiger partial charge on any atom is 0.292 e. The second kappa shape index (κ2) is 9.66. The van der Waals surface area contributed by atoms with Gasteiger partial charge in [0, 0.05) is 51.0 Å². The van der Waals surface area contributed by atoms with E-state index in [9.17, 15) is 14.9 Å². The van der Waals surface area contributed by atoms with Crippen LogP contribution in [-0.4, -0.2) is 73.8 Å². The third-order valence-corrected chi connectivity index (χ3v) is 6.07. The summed E-state index contributed by atoms with van der Waals surface area (Å²) in [4.78, 5) is 30.4. The quantitative estimate of drug-likeness (QED) is 0.490. The van der Waals surface area contributed by atoms with E-state index in [4.69, 9.17) is 9.47 Å². The summed E-state index contributed by atoms with van der Waals surface area (Å²) in [5.41, 5.74) is 0.681. The minimum Gasteiger partial charge on any atom is -0.478 e. The Morgan fingerprint density at radius 1 is 0.970 bits per heavy atom. The molecule has 0 saturated carbocycles. The number of benzene rings is 2. The fourth-order valence-electron chi connectivity index (χ4n) is 4.30. The summed E-state index contributed by atoms with van der Waals surface area (Å²) in [7, 11) is 0. The Morgan fingerprint density at radius 2 is 1.64 bits per heavy atom. The van der Waals surface area contributed by atoms with Crippen molar-refractivity contribution in [2.75, 3.05) is 62.3 Å². The Morgan fingerprint density at radius 3 is 2.27 bits per heavy atom. The van der Waals surface area contributed by atoms with Gasteiger partial charge in [0.15, 0.2) is 5.60 Å². The Labute approximate surface area is 193 Å². The zero-order chi connectivity index (χ0) is 23.4. The van der Waals surface area contributed by atoms with Gasteiger partial charge in [-0.15, -0.1) is 0 Å². The van der Waals surface area contributed by atoms with Gasteiger partial charge < -0.3 is 24.2 Å². The van der Waals surface area contributed by atoms with Crippen molar-refractivity contribution in [1.29, 1.82) is 0 Å². The van der Waals surface area contributed by atoms with E-state index >= 15 is 0 Å². The number of ether oxygens (including phenoxy) is 2. The van der Waals surface area contributed by atoms with E-state index in [-0.39, 0.29) is 16.5 Å². The first-order valence-corrected chi connectivity index (χ1v) is 11.2. The number of para-hydroxylation sites is 1. The van der Waals surface area contributed by atoms with Gasteiger partial charge in [0.2, 0.25) is 0 Å². The molecule has 176 valence electrons. The van der Waals surface area contributed by atoms with Crippen LogP contribution in [0.5, 0.6) is 5.75 Å². The molecular formula is C24H30N4O5. The summed E-state index contributed by atoms with van der Waals surface area (Å²) < 4.78 is 11.4. The second-order valence-corrected chi connectivity index (χ2v) is 8.73. The summed E-state index contributed by atoms with van der Waals surface area (Å²) in [5, 5.41) is 11.6. The highest BCUT2D eigenvalue weighted by atomic mass is 16.6. The molecule has 2 aliphatic rings. The first kappa shape index (κ1) is 22.8. The first-order chi connectivity index (χ1) is 15.8. The predicted octanol–water partition coefficient (Wildman–Crippen LogP) is 2.94. The van der Waals surface area contributed by atoms with E-state index in [1.165, 1.54) is 0 Å². The number of amides is 1. The number of hydrogen-bond donors (Lipinski definition) is 0. The van der Waals surface area contributed by atoms with Gasteiger partial charge in [-0.3, -0.25) is 14.9 Å². The molecule has 0 atom stereocenters. The van der Waals surface area contributed by atoms with Crippen molar-refractivity contribution >= 4 is 23.0 Å². The molecular weight excluding hydrogens is 424 g/mol. The van der Waals surface area contributed by atoms with Crippen LogP contribution < -0.4 is 14.5 Å². The Kier molecular flexibility index (Phi) is 6.69. The molecule has 0 aromatic heterocycles. The van der Waals surface area contributed by atoms with E-state index in [0.717, 1.165) is 5.69 Å². The lowest BCUT2D eigenvalue weighted by molar-refractivity contribution is -0.384. The molecule has 0 spiro atoms. The second-order valence-electron chi connectivity index (χ2n) is 8.73. The summed E-state index contributed by atoms with van der Waals surface area (Å²) in [6.07, 6.45) is 0. The molecule has 2 aromatic carbocycles. The number of carbonyl (C=O) groups is 1. The average molecular weight is 455 g/mol. The Hall–Kier alpha value is -3.33. The molecule has 2 heterocycles. The van der Waals surface area contributed by atoms with Crippen molar-refractivity contribution in [1.82, 2.24) is 4.90 Å². The van der Waals surface area contributed by atoms with E-state index in [0.29, 0.717) is 63.9 Å². The minimum atomic E-state index is -0.972. The predicted molar refractivity (Wildman–Crippen MR) is 126 cm³/mol. The highest BCUT2D eigenvalue weighted by Gasteiger charge is 2.36. The third-order valence-electron chi connectivity index (χ3n) is 6.07. The van der Waals surface area contributed by atoms with Gasteiger partial charge in [0.25, 0.3) is 11.6 Å². The van der Waals surface area contributed by atoms with Gasteiger partial charge in [-0.2, -0.15) is 0 Å². The highest BCUT2D eigenvalue weighted by molar-refractivity contribution is 5.85. The average Bonchev–Trinajstić information content (AvgIpc) is 2.84.